The number of ether oxygens (including phenoxy) is 1. The molecule has 0 aliphatic carbocycles. The summed E-state index contributed by atoms with van der Waals surface area (Å²) in [5.41, 5.74) is 4.06. The van der Waals surface area contributed by atoms with E-state index in [1.807, 2.05) is 0 Å². The Bertz CT molecular complexity index is 235. The molecule has 6 nitrogen and oxygen atoms in total. The first kappa shape index (κ1) is 14.6. The lowest BCUT2D eigenvalue weighted by molar-refractivity contribution is -0.118. The molecular formula is C8H18NO5P. The number of primary amides is 1. The van der Waals surface area contributed by atoms with Gasteiger partial charge in [-0.1, -0.05) is 0 Å². The molecule has 1 amide bonds. The minimum atomic E-state index is -3.50. The molecule has 0 aromatic carbocycles. The van der Waals surface area contributed by atoms with Crippen molar-refractivity contribution in [3.8, 4) is 0 Å². The van der Waals surface area contributed by atoms with Gasteiger partial charge in [0.1, 0.15) is 0 Å². The molecule has 0 saturated heterocycles. The molecule has 2 N–H and O–H groups in total. The van der Waals surface area contributed by atoms with Crippen LogP contribution in [-0.2, 0) is 23.1 Å². The molecule has 0 heterocycles. The van der Waals surface area contributed by atoms with Crippen LogP contribution in [0.4, 0.5) is 0 Å². The molecular weight excluding hydrogens is 221 g/mol. The van der Waals surface area contributed by atoms with E-state index in [4.69, 9.17) is 19.5 Å². The van der Waals surface area contributed by atoms with Crippen LogP contribution < -0.4 is 5.73 Å². The van der Waals surface area contributed by atoms with Crippen LogP contribution in [0.3, 0.4) is 0 Å². The van der Waals surface area contributed by atoms with E-state index < -0.39 is 19.2 Å². The first-order valence-electron chi connectivity index (χ1n) is 4.68. The fourth-order valence-corrected chi connectivity index (χ4v) is 2.86. The van der Waals surface area contributed by atoms with Crippen molar-refractivity contribution < 1.29 is 23.1 Å². The number of carbonyl (C=O) groups is 1. The molecule has 1 atom stereocenters. The predicted octanol–water partition coefficient (Wildman–Crippen LogP) is 0.753. The summed E-state index contributed by atoms with van der Waals surface area (Å²) < 4.78 is 26.9. The lowest BCUT2D eigenvalue weighted by atomic mass is 10.4. The number of nitrogens with two attached hydrogens (primary N) is 1. The van der Waals surface area contributed by atoms with Crippen molar-refractivity contribution in [1.82, 2.24) is 0 Å². The summed E-state index contributed by atoms with van der Waals surface area (Å²) in [5, 5.41) is 0. The SMILES string of the molecule is CCOP(=O)(OCC)C(COC)C(N)=O. The van der Waals surface area contributed by atoms with Crippen molar-refractivity contribution in [2.24, 2.45) is 5.73 Å². The van der Waals surface area contributed by atoms with Crippen LogP contribution in [0.5, 0.6) is 0 Å². The topological polar surface area (TPSA) is 87.8 Å². The Kier molecular flexibility index (Phi) is 6.76. The van der Waals surface area contributed by atoms with Gasteiger partial charge in [-0.25, -0.2) is 0 Å². The molecule has 1 unspecified atom stereocenters. The third kappa shape index (κ3) is 4.30. The highest BCUT2D eigenvalue weighted by Gasteiger charge is 2.39. The van der Waals surface area contributed by atoms with Gasteiger partial charge in [0.25, 0.3) is 0 Å². The summed E-state index contributed by atoms with van der Waals surface area (Å²) in [5.74, 6) is -0.748. The number of methoxy groups -OCH3 is 1. The molecule has 0 spiro atoms. The maximum atomic E-state index is 12.1. The molecule has 0 radical (unpaired) electrons. The summed E-state index contributed by atoms with van der Waals surface area (Å²) in [6, 6.07) is 0. The van der Waals surface area contributed by atoms with Crippen LogP contribution in [-0.4, -0.2) is 38.5 Å². The number of carbonyl (C=O) groups excluding carboxylic acids is 1. The normalized spacial score (nSPS) is 13.8. The molecule has 0 rings (SSSR count). The first-order valence-corrected chi connectivity index (χ1v) is 6.30. The van der Waals surface area contributed by atoms with Crippen molar-refractivity contribution in [1.29, 1.82) is 0 Å². The van der Waals surface area contributed by atoms with Gasteiger partial charge in [-0.3, -0.25) is 9.36 Å². The van der Waals surface area contributed by atoms with Gasteiger partial charge in [-0.15, -0.1) is 0 Å². The van der Waals surface area contributed by atoms with Gasteiger partial charge in [-0.05, 0) is 13.8 Å². The van der Waals surface area contributed by atoms with E-state index in [0.717, 1.165) is 0 Å². The average molecular weight is 239 g/mol. The molecule has 0 bridgehead atoms. The third-order valence-corrected chi connectivity index (χ3v) is 4.06. The van der Waals surface area contributed by atoms with E-state index in [1.165, 1.54) is 7.11 Å². The molecule has 0 aliphatic rings. The van der Waals surface area contributed by atoms with Crippen LogP contribution >= 0.6 is 7.60 Å². The Morgan fingerprint density at radius 3 is 2.07 bits per heavy atom. The van der Waals surface area contributed by atoms with E-state index in [0.29, 0.717) is 0 Å². The van der Waals surface area contributed by atoms with Gasteiger partial charge in [0.15, 0.2) is 5.66 Å². The second kappa shape index (κ2) is 6.95. The van der Waals surface area contributed by atoms with E-state index >= 15 is 0 Å². The van der Waals surface area contributed by atoms with Crippen LogP contribution in [0.15, 0.2) is 0 Å². The standard InChI is InChI=1S/C8H18NO5P/c1-4-13-15(11,14-5-2)7(6-12-3)8(9)10/h7H,4-6H2,1-3H3,(H2,9,10). The smallest absolute Gasteiger partial charge is 0.345 e. The van der Waals surface area contributed by atoms with Crippen molar-refractivity contribution in [2.45, 2.75) is 19.5 Å². The van der Waals surface area contributed by atoms with Crippen molar-refractivity contribution in [3.05, 3.63) is 0 Å². The summed E-state index contributed by atoms with van der Waals surface area (Å²) in [6.07, 6.45) is 0. The van der Waals surface area contributed by atoms with E-state index in [9.17, 15) is 9.36 Å². The zero-order valence-electron chi connectivity index (χ0n) is 9.26. The Morgan fingerprint density at radius 2 is 1.80 bits per heavy atom. The fourth-order valence-electron chi connectivity index (χ4n) is 1.06. The lowest BCUT2D eigenvalue weighted by Gasteiger charge is -2.23. The van der Waals surface area contributed by atoms with Crippen LogP contribution in [0.2, 0.25) is 0 Å². The van der Waals surface area contributed by atoms with Gasteiger partial charge >= 0.3 is 7.60 Å². The predicted molar refractivity (Wildman–Crippen MR) is 55.7 cm³/mol. The second-order valence-electron chi connectivity index (χ2n) is 2.75. The van der Waals surface area contributed by atoms with Gasteiger partial charge in [0, 0.05) is 7.11 Å². The number of amides is 1. The zero-order valence-corrected chi connectivity index (χ0v) is 10.2. The Balaban J connectivity index is 4.81. The molecule has 0 aromatic heterocycles. The summed E-state index contributed by atoms with van der Waals surface area (Å²) in [4.78, 5) is 11.1. The Hall–Kier alpha value is -0.420. The minimum Gasteiger partial charge on any atom is -0.383 e. The highest BCUT2D eigenvalue weighted by Crippen LogP contribution is 2.52. The van der Waals surface area contributed by atoms with Crippen molar-refractivity contribution in [2.75, 3.05) is 26.9 Å². The number of rotatable bonds is 8. The van der Waals surface area contributed by atoms with Gasteiger partial charge in [0.2, 0.25) is 5.91 Å². The third-order valence-electron chi connectivity index (χ3n) is 1.65. The average Bonchev–Trinajstić information content (AvgIpc) is 2.14. The molecule has 0 aliphatic heterocycles. The maximum Gasteiger partial charge on any atom is 0.345 e. The molecule has 15 heavy (non-hydrogen) atoms. The second-order valence-corrected chi connectivity index (χ2v) is 4.97. The minimum absolute atomic E-state index is 0.0768. The molecule has 0 saturated carbocycles. The summed E-state index contributed by atoms with van der Waals surface area (Å²) in [6.45, 7) is 3.62. The zero-order chi connectivity index (χ0) is 11.9. The largest absolute Gasteiger partial charge is 0.383 e. The number of hydrogen-bond donors (Lipinski definition) is 1. The van der Waals surface area contributed by atoms with E-state index in [2.05, 4.69) is 0 Å². The molecule has 0 aromatic rings. The van der Waals surface area contributed by atoms with Gasteiger partial charge < -0.3 is 19.5 Å². The quantitative estimate of drug-likeness (QED) is 0.631. The van der Waals surface area contributed by atoms with Crippen molar-refractivity contribution in [3.63, 3.8) is 0 Å². The highest BCUT2D eigenvalue weighted by molar-refractivity contribution is 7.55. The van der Waals surface area contributed by atoms with Gasteiger partial charge in [-0.2, -0.15) is 0 Å². The van der Waals surface area contributed by atoms with E-state index in [-0.39, 0.29) is 19.8 Å². The molecule has 7 heteroatoms. The number of hydrogen-bond acceptors (Lipinski definition) is 5. The fraction of sp³-hybridized carbons (Fsp3) is 0.875. The maximum absolute atomic E-state index is 12.1. The molecule has 0 fully saturated rings. The van der Waals surface area contributed by atoms with E-state index in [1.54, 1.807) is 13.8 Å². The Labute approximate surface area is 89.6 Å². The van der Waals surface area contributed by atoms with Crippen LogP contribution in [0.1, 0.15) is 13.8 Å². The first-order chi connectivity index (χ1) is 7.01. The summed E-state index contributed by atoms with van der Waals surface area (Å²) in [7, 11) is -2.11. The van der Waals surface area contributed by atoms with Crippen molar-refractivity contribution >= 4 is 13.5 Å². The van der Waals surface area contributed by atoms with Gasteiger partial charge in [0.05, 0.1) is 19.8 Å². The highest BCUT2D eigenvalue weighted by atomic mass is 31.2. The van der Waals surface area contributed by atoms with Crippen LogP contribution in [0, 0.1) is 0 Å². The lowest BCUT2D eigenvalue weighted by Crippen LogP contribution is -2.33. The summed E-state index contributed by atoms with van der Waals surface area (Å²) >= 11 is 0. The Morgan fingerprint density at radius 1 is 1.33 bits per heavy atom. The van der Waals surface area contributed by atoms with Crippen LogP contribution in [0.25, 0.3) is 0 Å². The monoisotopic (exact) mass is 239 g/mol. The molecule has 90 valence electrons.